The first-order valence-electron chi connectivity index (χ1n) is 13.6. The van der Waals surface area contributed by atoms with E-state index in [-0.39, 0.29) is 18.0 Å². The summed E-state index contributed by atoms with van der Waals surface area (Å²) in [6, 6.07) is 18.7. The van der Waals surface area contributed by atoms with Crippen molar-refractivity contribution in [2.45, 2.75) is 40.9 Å². The van der Waals surface area contributed by atoms with Crippen molar-refractivity contribution in [1.29, 1.82) is 0 Å². The number of benzene rings is 2. The number of aromatic nitrogens is 3. The third kappa shape index (κ3) is 7.34. The summed E-state index contributed by atoms with van der Waals surface area (Å²) in [5.74, 6) is 2.59. The summed E-state index contributed by atoms with van der Waals surface area (Å²) in [5, 5.41) is 10.9. The van der Waals surface area contributed by atoms with Crippen LogP contribution in [-0.2, 0) is 13.2 Å². The number of hydrogen-bond acceptors (Lipinski definition) is 8. The third-order valence-electron chi connectivity index (χ3n) is 6.41. The smallest absolute Gasteiger partial charge is 0.329 e. The molecule has 5 aromatic rings. The van der Waals surface area contributed by atoms with Crippen LogP contribution < -0.4 is 18.9 Å². The molecule has 0 unspecified atom stereocenters. The van der Waals surface area contributed by atoms with Gasteiger partial charge in [0, 0.05) is 41.3 Å². The van der Waals surface area contributed by atoms with E-state index in [1.807, 2.05) is 75.4 Å². The second kappa shape index (κ2) is 14.5. The van der Waals surface area contributed by atoms with E-state index in [0.29, 0.717) is 25.6 Å². The van der Waals surface area contributed by atoms with Gasteiger partial charge in [-0.25, -0.2) is 0 Å². The lowest BCUT2D eigenvalue weighted by Crippen LogP contribution is -2.02. The molecule has 3 heterocycles. The molecule has 10 nitrogen and oxygen atoms in total. The quantitative estimate of drug-likeness (QED) is 0.132. The molecule has 1 N–H and O–H groups in total. The zero-order valence-corrected chi connectivity index (χ0v) is 24.1. The molecule has 5 rings (SSSR count). The predicted octanol–water partition coefficient (Wildman–Crippen LogP) is 7.12. The maximum atomic E-state index is 10.9. The van der Waals surface area contributed by atoms with Gasteiger partial charge in [0.1, 0.15) is 42.2 Å². The highest BCUT2D eigenvalue weighted by atomic mass is 16.6. The fourth-order valence-electron chi connectivity index (χ4n) is 4.21. The third-order valence-corrected chi connectivity index (χ3v) is 6.41. The van der Waals surface area contributed by atoms with Crippen LogP contribution in [0.3, 0.4) is 0 Å². The monoisotopic (exact) mass is 570 g/mol. The van der Waals surface area contributed by atoms with Gasteiger partial charge in [0.2, 0.25) is 5.75 Å². The van der Waals surface area contributed by atoms with Gasteiger partial charge in [-0.2, -0.15) is 0 Å². The number of aromatic amines is 1. The van der Waals surface area contributed by atoms with Crippen LogP contribution in [0.1, 0.15) is 36.2 Å². The van der Waals surface area contributed by atoms with Crippen LogP contribution in [-0.4, -0.2) is 33.1 Å². The van der Waals surface area contributed by atoms with Crippen LogP contribution in [0.2, 0.25) is 0 Å². The molecule has 0 fully saturated rings. The number of nitro groups is 1. The number of nitrogens with one attached hydrogen (secondary N) is 1. The van der Waals surface area contributed by atoms with Crippen LogP contribution in [0.15, 0.2) is 79.3 Å². The summed E-state index contributed by atoms with van der Waals surface area (Å²) in [4.78, 5) is 21.8. The molecule has 2 aromatic carbocycles. The van der Waals surface area contributed by atoms with Crippen LogP contribution in [0, 0.1) is 24.0 Å². The van der Waals surface area contributed by atoms with E-state index in [9.17, 15) is 10.1 Å². The molecule has 218 valence electrons. The first kappa shape index (κ1) is 29.9. The molecular weight excluding hydrogens is 536 g/mol. The van der Waals surface area contributed by atoms with E-state index in [1.54, 1.807) is 6.20 Å². The number of pyridine rings is 2. The van der Waals surface area contributed by atoms with E-state index in [4.69, 9.17) is 18.9 Å². The SMILES string of the molecule is CCOc1ccccc1COc1ccnc2c(C)c(C)[nH]c12.CCOc1ccccc1COc1ccncc1[N+](=O)[O-]. The molecule has 0 spiro atoms. The molecule has 0 aliphatic heterocycles. The predicted molar refractivity (Wildman–Crippen MR) is 160 cm³/mol. The maximum absolute atomic E-state index is 10.9. The van der Waals surface area contributed by atoms with Crippen molar-refractivity contribution in [3.8, 4) is 23.0 Å². The molecule has 0 bridgehead atoms. The minimum atomic E-state index is -0.517. The Bertz CT molecular complexity index is 1630. The van der Waals surface area contributed by atoms with Crippen molar-refractivity contribution < 1.29 is 23.9 Å². The van der Waals surface area contributed by atoms with Crippen LogP contribution in [0.5, 0.6) is 23.0 Å². The summed E-state index contributed by atoms with van der Waals surface area (Å²) in [6.07, 6.45) is 4.41. The second-order valence-corrected chi connectivity index (χ2v) is 9.17. The number of H-pyrrole nitrogens is 1. The van der Waals surface area contributed by atoms with Crippen molar-refractivity contribution in [2.75, 3.05) is 13.2 Å². The minimum absolute atomic E-state index is 0.151. The highest BCUT2D eigenvalue weighted by Crippen LogP contribution is 2.29. The van der Waals surface area contributed by atoms with Gasteiger partial charge in [-0.3, -0.25) is 20.1 Å². The standard InChI is InChI=1S/C18H20N2O2.C14H14N2O4/c1-4-21-15-8-6-5-7-14(15)11-22-16-9-10-19-17-12(2)13(3)20-18(16)17;1-2-19-13-6-4-3-5-11(13)10-20-14-7-8-15-9-12(14)16(17)18/h5-10,20H,4,11H2,1-3H3;3-9H,2,10H2,1H3. The Hall–Kier alpha value is -5.12. The van der Waals surface area contributed by atoms with E-state index < -0.39 is 4.92 Å². The van der Waals surface area contributed by atoms with E-state index >= 15 is 0 Å². The number of ether oxygens (including phenoxy) is 4. The molecule has 0 aliphatic carbocycles. The Balaban J connectivity index is 0.000000194. The lowest BCUT2D eigenvalue weighted by atomic mass is 10.2. The van der Waals surface area contributed by atoms with Gasteiger partial charge in [-0.1, -0.05) is 36.4 Å². The van der Waals surface area contributed by atoms with Gasteiger partial charge in [0.15, 0.2) is 0 Å². The first-order valence-corrected chi connectivity index (χ1v) is 13.6. The fourth-order valence-corrected chi connectivity index (χ4v) is 4.21. The number of fused-ring (bicyclic) bond motifs is 1. The van der Waals surface area contributed by atoms with Gasteiger partial charge in [0.25, 0.3) is 0 Å². The van der Waals surface area contributed by atoms with Gasteiger partial charge < -0.3 is 23.9 Å². The molecule has 42 heavy (non-hydrogen) atoms. The lowest BCUT2D eigenvalue weighted by Gasteiger charge is -2.11. The summed E-state index contributed by atoms with van der Waals surface area (Å²) in [5.41, 5.74) is 5.92. The molecule has 0 amide bonds. The second-order valence-electron chi connectivity index (χ2n) is 9.17. The van der Waals surface area contributed by atoms with Crippen molar-refractivity contribution in [3.05, 3.63) is 112 Å². The number of para-hydroxylation sites is 2. The van der Waals surface area contributed by atoms with E-state index in [2.05, 4.69) is 21.9 Å². The topological polar surface area (TPSA) is 122 Å². The molecular formula is C32H34N4O6. The number of nitrogens with zero attached hydrogens (tertiary/aromatic N) is 3. The highest BCUT2D eigenvalue weighted by molar-refractivity contribution is 5.85. The Morgan fingerprint density at radius 2 is 1.33 bits per heavy atom. The zero-order chi connectivity index (χ0) is 29.9. The Morgan fingerprint density at radius 1 is 0.762 bits per heavy atom. The van der Waals surface area contributed by atoms with Gasteiger partial charge in [-0.05, 0) is 45.4 Å². The zero-order valence-electron chi connectivity index (χ0n) is 24.1. The highest BCUT2D eigenvalue weighted by Gasteiger charge is 2.15. The van der Waals surface area contributed by atoms with Crippen molar-refractivity contribution in [2.24, 2.45) is 0 Å². The average molecular weight is 571 g/mol. The molecule has 10 heteroatoms. The van der Waals surface area contributed by atoms with Crippen LogP contribution in [0.25, 0.3) is 11.0 Å². The van der Waals surface area contributed by atoms with Crippen molar-refractivity contribution in [3.63, 3.8) is 0 Å². The summed E-state index contributed by atoms with van der Waals surface area (Å²) in [6.45, 7) is 9.84. The Kier molecular flexibility index (Phi) is 10.3. The average Bonchev–Trinajstić information content (AvgIpc) is 3.30. The maximum Gasteiger partial charge on any atom is 0.329 e. The summed E-state index contributed by atoms with van der Waals surface area (Å²) >= 11 is 0. The molecule has 0 saturated heterocycles. The van der Waals surface area contributed by atoms with Crippen molar-refractivity contribution in [1.82, 2.24) is 15.0 Å². The van der Waals surface area contributed by atoms with Gasteiger partial charge in [-0.15, -0.1) is 0 Å². The Labute approximate surface area is 244 Å². The minimum Gasteiger partial charge on any atom is -0.493 e. The summed E-state index contributed by atoms with van der Waals surface area (Å²) in [7, 11) is 0. The molecule has 0 atom stereocenters. The number of hydrogen-bond donors (Lipinski definition) is 1. The fraction of sp³-hybridized carbons (Fsp3) is 0.250. The van der Waals surface area contributed by atoms with Crippen LogP contribution >= 0.6 is 0 Å². The lowest BCUT2D eigenvalue weighted by molar-refractivity contribution is -0.386. The van der Waals surface area contributed by atoms with Gasteiger partial charge in [0.05, 0.1) is 23.7 Å². The van der Waals surface area contributed by atoms with Gasteiger partial charge >= 0.3 is 5.69 Å². The van der Waals surface area contributed by atoms with Crippen molar-refractivity contribution >= 4 is 16.7 Å². The number of rotatable bonds is 11. The molecule has 0 aliphatic rings. The normalized spacial score (nSPS) is 10.5. The Morgan fingerprint density at radius 3 is 1.93 bits per heavy atom. The summed E-state index contributed by atoms with van der Waals surface area (Å²) < 4.78 is 22.6. The van der Waals surface area contributed by atoms with Crippen LogP contribution in [0.4, 0.5) is 5.69 Å². The number of aryl methyl sites for hydroxylation is 2. The molecule has 3 aromatic heterocycles. The van der Waals surface area contributed by atoms with E-state index in [1.165, 1.54) is 18.5 Å². The molecule has 0 radical (unpaired) electrons. The largest absolute Gasteiger partial charge is 0.493 e. The molecule has 0 saturated carbocycles. The van der Waals surface area contributed by atoms with E-state index in [0.717, 1.165) is 44.9 Å². The first-order chi connectivity index (χ1) is 20.4.